The number of carbonyl (C=O) groups is 4. The number of thioether (sulfide) groups is 1. The van der Waals surface area contributed by atoms with Crippen molar-refractivity contribution in [3.63, 3.8) is 0 Å². The van der Waals surface area contributed by atoms with E-state index in [1.807, 2.05) is 12.1 Å². The Balaban J connectivity index is 0.542. The van der Waals surface area contributed by atoms with Gasteiger partial charge in [-0.05, 0) is 118 Å². The molecule has 13 nitrogen and oxygen atoms in total. The summed E-state index contributed by atoms with van der Waals surface area (Å²) >= 11 is 1.42. The van der Waals surface area contributed by atoms with Gasteiger partial charge >= 0.3 is 0 Å². The summed E-state index contributed by atoms with van der Waals surface area (Å²) in [4.78, 5) is 59.9. The molecular weight excluding hydrogens is 1260 g/mol. The SMILES string of the molecule is C[N+]1=C(C=CC=CC=C2N(CCCCCC(=O)CCCN3C(=O)CC(SCCCC(=O)C4CCN(S(=O)(=O)c5ccccc5-c5c6ccc(=[N+]7CCc8ccccc87)cc-6oc6cc(N7CCc8ccccc87)ccc56)CC4)C3=O)c3ccccc3C2(C)C)C(C)(C)c2ccccc21. The van der Waals surface area contributed by atoms with Gasteiger partial charge in [0.1, 0.15) is 30.0 Å². The third kappa shape index (κ3) is 12.8. The Morgan fingerprint density at radius 1 is 0.653 bits per heavy atom. The van der Waals surface area contributed by atoms with Crippen LogP contribution in [0.5, 0.6) is 0 Å². The normalized spacial score (nSPS) is 19.3. The Kier molecular flexibility index (Phi) is 18.9. The number of imide groups is 1. The maximum absolute atomic E-state index is 15.1. The number of anilines is 3. The van der Waals surface area contributed by atoms with Crippen LogP contribution in [-0.2, 0) is 52.9 Å². The number of hydrogen-bond acceptors (Lipinski definition) is 10. The summed E-state index contributed by atoms with van der Waals surface area (Å²) in [5.74, 6) is 0.751. The van der Waals surface area contributed by atoms with Gasteiger partial charge in [-0.15, -0.1) is 11.8 Å². The summed E-state index contributed by atoms with van der Waals surface area (Å²) < 4.78 is 43.2. The third-order valence-electron chi connectivity index (χ3n) is 21.5. The van der Waals surface area contributed by atoms with E-state index in [0.717, 1.165) is 79.3 Å². The molecule has 7 aliphatic heterocycles. The van der Waals surface area contributed by atoms with Crippen LogP contribution in [0.15, 0.2) is 203 Å². The van der Waals surface area contributed by atoms with Crippen LogP contribution in [0.1, 0.15) is 121 Å². The van der Waals surface area contributed by atoms with Gasteiger partial charge in [0.15, 0.2) is 12.3 Å². The molecule has 0 spiro atoms. The van der Waals surface area contributed by atoms with E-state index < -0.39 is 15.3 Å². The van der Waals surface area contributed by atoms with Crippen molar-refractivity contribution in [2.75, 3.05) is 61.9 Å². The van der Waals surface area contributed by atoms with Gasteiger partial charge in [0, 0.05) is 162 Å². The third-order valence-corrected chi connectivity index (χ3v) is 24.8. The number of para-hydroxylation sites is 4. The number of carbonyl (C=O) groups excluding carboxylic acids is 4. The Morgan fingerprint density at radius 2 is 1.37 bits per heavy atom. The van der Waals surface area contributed by atoms with E-state index in [2.05, 4.69) is 218 Å². The number of likely N-dealkylation sites (tertiary alicyclic amines) is 1. The molecule has 6 aromatic carbocycles. The molecule has 98 heavy (non-hydrogen) atoms. The van der Waals surface area contributed by atoms with Gasteiger partial charge in [0.2, 0.25) is 38.6 Å². The molecule has 0 N–H and O–H groups in total. The number of allylic oxidation sites excluding steroid dienone is 6. The summed E-state index contributed by atoms with van der Waals surface area (Å²) in [6, 6.07) is 54.1. The van der Waals surface area contributed by atoms with Gasteiger partial charge in [0.05, 0.1) is 21.6 Å². The molecule has 6 aromatic rings. The average molecular weight is 1350 g/mol. The van der Waals surface area contributed by atoms with Crippen LogP contribution in [0.25, 0.3) is 33.4 Å². The smallest absolute Gasteiger partial charge is 0.243 e. The number of rotatable bonds is 23. The zero-order valence-corrected chi connectivity index (χ0v) is 58.7. The minimum absolute atomic E-state index is 0.0829. The van der Waals surface area contributed by atoms with Crippen molar-refractivity contribution in [1.29, 1.82) is 0 Å². The van der Waals surface area contributed by atoms with Crippen LogP contribution >= 0.6 is 11.8 Å². The van der Waals surface area contributed by atoms with Crippen LogP contribution in [-0.4, -0.2) is 109 Å². The molecule has 2 fully saturated rings. The summed E-state index contributed by atoms with van der Waals surface area (Å²) in [7, 11) is -1.90. The second-order valence-corrected chi connectivity index (χ2v) is 31.4. The molecule has 0 bridgehead atoms. The van der Waals surface area contributed by atoms with E-state index in [1.54, 1.807) is 12.1 Å². The molecule has 7 heterocycles. The minimum Gasteiger partial charge on any atom is -0.456 e. The molecule has 1 atom stereocenters. The van der Waals surface area contributed by atoms with E-state index in [0.29, 0.717) is 67.6 Å². The van der Waals surface area contributed by atoms with Crippen LogP contribution < -0.4 is 19.7 Å². The van der Waals surface area contributed by atoms with Crippen molar-refractivity contribution in [2.45, 2.75) is 132 Å². The predicted molar refractivity (Wildman–Crippen MR) is 395 cm³/mol. The number of fused-ring (bicyclic) bond motifs is 6. The van der Waals surface area contributed by atoms with E-state index in [1.165, 1.54) is 77.4 Å². The molecule has 0 radical (unpaired) electrons. The van der Waals surface area contributed by atoms with Gasteiger partial charge in [0.25, 0.3) is 0 Å². The Hall–Kier alpha value is -8.76. The van der Waals surface area contributed by atoms with Crippen LogP contribution in [0.2, 0.25) is 0 Å². The van der Waals surface area contributed by atoms with Crippen molar-refractivity contribution < 1.29 is 36.6 Å². The zero-order chi connectivity index (χ0) is 67.9. The van der Waals surface area contributed by atoms with Gasteiger partial charge in [-0.1, -0.05) is 129 Å². The quantitative estimate of drug-likeness (QED) is 0.0200. The highest BCUT2D eigenvalue weighted by atomic mass is 32.2. The number of hydrogen-bond donors (Lipinski definition) is 0. The molecule has 0 saturated carbocycles. The Labute approximate surface area is 581 Å². The fourth-order valence-electron chi connectivity index (χ4n) is 16.2. The van der Waals surface area contributed by atoms with E-state index in [9.17, 15) is 19.2 Å². The molecular formula is C83H88N6O7S2+2. The van der Waals surface area contributed by atoms with Crippen molar-refractivity contribution in [2.24, 2.45) is 5.92 Å². The zero-order valence-electron chi connectivity index (χ0n) is 57.1. The van der Waals surface area contributed by atoms with Gasteiger partial charge < -0.3 is 14.2 Å². The van der Waals surface area contributed by atoms with Crippen LogP contribution in [0.4, 0.5) is 28.4 Å². The van der Waals surface area contributed by atoms with Crippen molar-refractivity contribution >= 4 is 90.3 Å². The Morgan fingerprint density at radius 3 is 2.18 bits per heavy atom. The number of benzene rings is 7. The topological polar surface area (TPSA) is 135 Å². The first kappa shape index (κ1) is 66.5. The number of piperidine rings is 1. The molecule has 1 aliphatic carbocycles. The lowest BCUT2D eigenvalue weighted by Crippen LogP contribution is -2.40. The lowest BCUT2D eigenvalue weighted by molar-refractivity contribution is -0.401. The standard InChI is InChI=1S/C83H88N6O7S2/c1-82(2)66-29-14-18-33-70(66)84(5)77(82)37-9-6-10-38-78-83(3,4)67-30-15-19-34-71(67)88(78)47-21-7-8-26-62(90)27-22-48-89-79(92)56-75(81(89)93)97-53-23-35-72(91)59-43-49-85(50-44-59)98(94,95)76-36-20-13-28-65(76)80-63-41-39-60(86-51-45-57-24-11-16-31-68(57)86)54-73(63)96-74-55-61(40-42-64(74)80)87-52-46-58-25-12-17-32-69(58)87/h6,9-20,24-25,28-34,36-42,54-55,59,75H,7-8,21-23,26-27,35,43-53,56H2,1-5H3/q+2. The lowest BCUT2D eigenvalue weighted by Gasteiger charge is -2.31. The summed E-state index contributed by atoms with van der Waals surface area (Å²) in [6.07, 6.45) is 18.4. The first-order valence-corrected chi connectivity index (χ1v) is 37.7. The number of nitrogens with zero attached hydrogens (tertiary/aromatic N) is 6. The van der Waals surface area contributed by atoms with Gasteiger partial charge in [-0.3, -0.25) is 24.1 Å². The Bertz CT molecular complexity index is 4760. The minimum atomic E-state index is -4.04. The first-order valence-electron chi connectivity index (χ1n) is 35.2. The summed E-state index contributed by atoms with van der Waals surface area (Å²) in [5.41, 5.74) is 16.2. The van der Waals surface area contributed by atoms with E-state index in [4.69, 9.17) is 4.42 Å². The van der Waals surface area contributed by atoms with Crippen LogP contribution in [0, 0.1) is 5.92 Å². The molecule has 14 rings (SSSR count). The highest BCUT2D eigenvalue weighted by molar-refractivity contribution is 8.00. The molecule has 0 aromatic heterocycles. The van der Waals surface area contributed by atoms with Crippen molar-refractivity contribution in [1.82, 2.24) is 13.8 Å². The predicted octanol–water partition coefficient (Wildman–Crippen LogP) is 15.6. The number of sulfonamides is 1. The lowest BCUT2D eigenvalue weighted by atomic mass is 9.81. The second kappa shape index (κ2) is 27.9. The molecule has 8 aliphatic rings. The van der Waals surface area contributed by atoms with Crippen molar-refractivity contribution in [3.8, 4) is 22.5 Å². The number of amides is 2. The monoisotopic (exact) mass is 1340 g/mol. The fraction of sp³-hybridized carbons (Fsp3) is 0.349. The van der Waals surface area contributed by atoms with Gasteiger partial charge in [-0.2, -0.15) is 13.5 Å². The van der Waals surface area contributed by atoms with Crippen molar-refractivity contribution in [3.05, 3.63) is 221 Å². The highest BCUT2D eigenvalue weighted by Gasteiger charge is 2.44. The van der Waals surface area contributed by atoms with Crippen LogP contribution in [0.3, 0.4) is 0 Å². The molecule has 502 valence electrons. The molecule has 1 unspecified atom stereocenters. The first-order chi connectivity index (χ1) is 47.5. The maximum Gasteiger partial charge on any atom is 0.243 e. The number of ketones is 2. The summed E-state index contributed by atoms with van der Waals surface area (Å²) in [5, 5.41) is 1.31. The molecule has 2 saturated heterocycles. The fourth-order valence-corrected chi connectivity index (χ4v) is 19.0. The van der Waals surface area contributed by atoms with E-state index >= 15 is 8.42 Å². The largest absolute Gasteiger partial charge is 0.456 e. The number of Topliss-reactive ketones (excluding diaryl/α,β-unsaturated/α-hetero) is 2. The molecule has 2 amide bonds. The molecule has 15 heteroatoms. The second-order valence-electron chi connectivity index (χ2n) is 28.2. The van der Waals surface area contributed by atoms with Gasteiger partial charge in [-0.25, -0.2) is 8.42 Å². The number of unbranched alkanes of at least 4 members (excludes halogenated alkanes) is 2. The highest BCUT2D eigenvalue weighted by Crippen LogP contribution is 2.49. The summed E-state index contributed by atoms with van der Waals surface area (Å²) in [6.45, 7) is 12.3. The average Bonchev–Trinajstić information content (AvgIpc) is 0.767. The maximum atomic E-state index is 15.1. The van der Waals surface area contributed by atoms with E-state index in [-0.39, 0.29) is 71.1 Å².